The molecule has 2 rings (SSSR count). The molecule has 2 N–H and O–H groups in total. The molecule has 134 valence electrons. The van der Waals surface area contributed by atoms with E-state index in [0.29, 0.717) is 5.76 Å². The molecule has 25 heavy (non-hydrogen) atoms. The van der Waals surface area contributed by atoms with Gasteiger partial charge in [-0.05, 0) is 37.3 Å². The van der Waals surface area contributed by atoms with Crippen molar-refractivity contribution >= 4 is 17.5 Å². The van der Waals surface area contributed by atoms with Gasteiger partial charge in [-0.15, -0.1) is 0 Å². The number of carbonyl (C=O) groups is 1. The summed E-state index contributed by atoms with van der Waals surface area (Å²) >= 11 is 0. The number of ether oxygens (including phenoxy) is 1. The van der Waals surface area contributed by atoms with Crippen LogP contribution >= 0.6 is 0 Å². The van der Waals surface area contributed by atoms with E-state index in [-0.39, 0.29) is 24.7 Å². The molecular weight excluding hydrogens is 339 g/mol. The van der Waals surface area contributed by atoms with Gasteiger partial charge in [-0.2, -0.15) is 13.2 Å². The summed E-state index contributed by atoms with van der Waals surface area (Å²) in [5.74, 6) is -0.410. The zero-order chi connectivity index (χ0) is 18.3. The van der Waals surface area contributed by atoms with E-state index >= 15 is 0 Å². The van der Waals surface area contributed by atoms with Crippen LogP contribution in [0.1, 0.15) is 18.2 Å². The van der Waals surface area contributed by atoms with E-state index in [1.54, 1.807) is 19.1 Å². The SMILES string of the molecule is CCOC(=O)C(=NCc1ccco1)NNc1cccc(C(F)(F)F)c1. The predicted octanol–water partition coefficient (Wildman–Crippen LogP) is 3.38. The van der Waals surface area contributed by atoms with Gasteiger partial charge in [0.2, 0.25) is 5.84 Å². The minimum absolute atomic E-state index is 0.0679. The molecule has 0 atom stereocenters. The molecule has 0 unspecified atom stereocenters. The normalized spacial score (nSPS) is 11.9. The fourth-order valence-corrected chi connectivity index (χ4v) is 1.82. The van der Waals surface area contributed by atoms with Gasteiger partial charge in [0.15, 0.2) is 0 Å². The number of anilines is 1. The van der Waals surface area contributed by atoms with E-state index in [9.17, 15) is 18.0 Å². The van der Waals surface area contributed by atoms with E-state index < -0.39 is 17.7 Å². The lowest BCUT2D eigenvalue weighted by atomic mass is 10.2. The van der Waals surface area contributed by atoms with Crippen molar-refractivity contribution in [3.63, 3.8) is 0 Å². The molecule has 0 saturated heterocycles. The van der Waals surface area contributed by atoms with Crippen LogP contribution in [0.3, 0.4) is 0 Å². The van der Waals surface area contributed by atoms with Crippen LogP contribution in [-0.2, 0) is 22.3 Å². The first-order valence-corrected chi connectivity index (χ1v) is 7.33. The number of rotatable bonds is 5. The molecule has 2 aromatic rings. The standard InChI is InChI=1S/C16H16F3N3O3/c1-2-24-15(23)14(20-10-13-7-4-8-25-13)22-21-12-6-3-5-11(9-12)16(17,18)19/h3-9,21H,2,10H2,1H3,(H,20,22). The highest BCUT2D eigenvalue weighted by atomic mass is 19.4. The molecule has 6 nitrogen and oxygen atoms in total. The molecule has 1 heterocycles. The largest absolute Gasteiger partial charge is 0.467 e. The molecule has 0 amide bonds. The van der Waals surface area contributed by atoms with Crippen molar-refractivity contribution < 1.29 is 27.1 Å². The third-order valence-corrected chi connectivity index (χ3v) is 2.96. The minimum Gasteiger partial charge on any atom is -0.467 e. The number of hydrogen-bond acceptors (Lipinski definition) is 5. The Bertz CT molecular complexity index is 728. The summed E-state index contributed by atoms with van der Waals surface area (Å²) in [6.45, 7) is 1.82. The molecule has 1 aromatic carbocycles. The summed E-state index contributed by atoms with van der Waals surface area (Å²) in [5.41, 5.74) is 4.29. The number of nitrogens with one attached hydrogen (secondary N) is 2. The molecule has 0 fully saturated rings. The molecule has 0 aliphatic carbocycles. The number of esters is 1. The topological polar surface area (TPSA) is 75.9 Å². The highest BCUT2D eigenvalue weighted by molar-refractivity contribution is 6.35. The fraction of sp³-hybridized carbons (Fsp3) is 0.250. The number of hydrogen-bond donors (Lipinski definition) is 2. The number of benzene rings is 1. The van der Waals surface area contributed by atoms with Gasteiger partial charge in [-0.1, -0.05) is 6.07 Å². The maximum atomic E-state index is 12.7. The maximum absolute atomic E-state index is 12.7. The molecule has 0 bridgehead atoms. The molecule has 1 aromatic heterocycles. The number of halogens is 3. The summed E-state index contributed by atoms with van der Waals surface area (Å²) in [7, 11) is 0. The van der Waals surface area contributed by atoms with E-state index in [2.05, 4.69) is 15.8 Å². The van der Waals surface area contributed by atoms with Crippen molar-refractivity contribution in [3.05, 3.63) is 54.0 Å². The van der Waals surface area contributed by atoms with Gasteiger partial charge in [-0.3, -0.25) is 15.8 Å². The third kappa shape index (κ3) is 5.55. The highest BCUT2D eigenvalue weighted by Gasteiger charge is 2.30. The van der Waals surface area contributed by atoms with Crippen molar-refractivity contribution in [2.75, 3.05) is 12.0 Å². The number of alkyl halides is 3. The second kappa shape index (κ2) is 8.22. The van der Waals surface area contributed by atoms with Gasteiger partial charge in [0.25, 0.3) is 0 Å². The van der Waals surface area contributed by atoms with Crippen LogP contribution in [0.4, 0.5) is 18.9 Å². The Morgan fingerprint density at radius 1 is 1.28 bits per heavy atom. The number of hydrazine groups is 1. The number of carbonyl (C=O) groups excluding carboxylic acids is 1. The lowest BCUT2D eigenvalue weighted by Crippen LogP contribution is -2.37. The predicted molar refractivity (Wildman–Crippen MR) is 84.7 cm³/mol. The highest BCUT2D eigenvalue weighted by Crippen LogP contribution is 2.30. The van der Waals surface area contributed by atoms with Gasteiger partial charge >= 0.3 is 12.1 Å². The lowest BCUT2D eigenvalue weighted by Gasteiger charge is -2.13. The first-order valence-electron chi connectivity index (χ1n) is 7.33. The molecule has 0 aliphatic heterocycles. The Morgan fingerprint density at radius 2 is 2.08 bits per heavy atom. The van der Waals surface area contributed by atoms with Gasteiger partial charge in [0, 0.05) is 0 Å². The van der Waals surface area contributed by atoms with Crippen molar-refractivity contribution in [1.82, 2.24) is 5.43 Å². The number of amidine groups is 1. The summed E-state index contributed by atoms with van der Waals surface area (Å²) in [5, 5.41) is 0. The second-order valence-corrected chi connectivity index (χ2v) is 4.79. The zero-order valence-electron chi connectivity index (χ0n) is 13.3. The van der Waals surface area contributed by atoms with E-state index in [0.717, 1.165) is 12.1 Å². The van der Waals surface area contributed by atoms with Crippen molar-refractivity contribution in [3.8, 4) is 0 Å². The Balaban J connectivity index is 2.09. The fourth-order valence-electron chi connectivity index (χ4n) is 1.82. The van der Waals surface area contributed by atoms with Crippen LogP contribution in [0.5, 0.6) is 0 Å². The summed E-state index contributed by atoms with van der Waals surface area (Å²) in [4.78, 5) is 15.9. The average molecular weight is 355 g/mol. The number of furan rings is 1. The number of nitrogens with zero attached hydrogens (tertiary/aromatic N) is 1. The minimum atomic E-state index is -4.46. The van der Waals surface area contributed by atoms with Gasteiger partial charge in [0.05, 0.1) is 30.7 Å². The molecule has 9 heteroatoms. The van der Waals surface area contributed by atoms with Crippen LogP contribution in [0, 0.1) is 0 Å². The van der Waals surface area contributed by atoms with Gasteiger partial charge in [-0.25, -0.2) is 4.79 Å². The molecule has 0 radical (unpaired) electrons. The maximum Gasteiger partial charge on any atom is 0.416 e. The van der Waals surface area contributed by atoms with Gasteiger partial charge < -0.3 is 9.15 Å². The first kappa shape index (κ1) is 18.4. The van der Waals surface area contributed by atoms with Gasteiger partial charge in [0.1, 0.15) is 5.76 Å². The van der Waals surface area contributed by atoms with E-state index in [4.69, 9.17) is 9.15 Å². The smallest absolute Gasteiger partial charge is 0.416 e. The Hall–Kier alpha value is -2.97. The summed E-state index contributed by atoms with van der Waals surface area (Å²) in [6.07, 6.45) is -3.00. The van der Waals surface area contributed by atoms with Crippen LogP contribution in [0.25, 0.3) is 0 Å². The quantitative estimate of drug-likeness (QED) is 0.372. The first-order chi connectivity index (χ1) is 11.9. The molecular formula is C16H16F3N3O3. The van der Waals surface area contributed by atoms with Crippen molar-refractivity contribution in [1.29, 1.82) is 0 Å². The summed E-state index contributed by atoms with van der Waals surface area (Å²) < 4.78 is 48.1. The van der Waals surface area contributed by atoms with Crippen molar-refractivity contribution in [2.45, 2.75) is 19.6 Å². The van der Waals surface area contributed by atoms with Crippen LogP contribution in [0.2, 0.25) is 0 Å². The van der Waals surface area contributed by atoms with E-state index in [1.165, 1.54) is 18.4 Å². The summed E-state index contributed by atoms with van der Waals surface area (Å²) in [6, 6.07) is 7.86. The Morgan fingerprint density at radius 3 is 2.72 bits per heavy atom. The number of aliphatic imine (C=N–C) groups is 1. The zero-order valence-corrected chi connectivity index (χ0v) is 13.3. The van der Waals surface area contributed by atoms with Crippen molar-refractivity contribution in [2.24, 2.45) is 4.99 Å². The molecule has 0 aliphatic rings. The average Bonchev–Trinajstić information content (AvgIpc) is 3.08. The molecule has 0 saturated carbocycles. The Labute approximate surface area is 141 Å². The Kier molecular flexibility index (Phi) is 6.04. The molecule has 0 spiro atoms. The second-order valence-electron chi connectivity index (χ2n) is 4.79. The van der Waals surface area contributed by atoms with Crippen LogP contribution < -0.4 is 10.9 Å². The van der Waals surface area contributed by atoms with Crippen LogP contribution in [-0.4, -0.2) is 18.4 Å². The lowest BCUT2D eigenvalue weighted by molar-refractivity contribution is -0.137. The third-order valence-electron chi connectivity index (χ3n) is 2.96. The monoisotopic (exact) mass is 355 g/mol. The van der Waals surface area contributed by atoms with E-state index in [1.807, 2.05) is 0 Å². The van der Waals surface area contributed by atoms with Crippen LogP contribution in [0.15, 0.2) is 52.1 Å².